The van der Waals surface area contributed by atoms with Gasteiger partial charge in [0.2, 0.25) is 0 Å². The molecule has 0 spiro atoms. The lowest BCUT2D eigenvalue weighted by Crippen LogP contribution is -2.36. The molecule has 0 aromatic heterocycles. The van der Waals surface area contributed by atoms with Gasteiger partial charge in [-0.05, 0) is 60.2 Å². The largest absolute Gasteiger partial charge is 0.0848 e. The van der Waals surface area contributed by atoms with E-state index in [2.05, 4.69) is 26.0 Å². The fourth-order valence-electron chi connectivity index (χ4n) is 6.50. The zero-order valence-electron chi connectivity index (χ0n) is 10.6. The highest BCUT2D eigenvalue weighted by Gasteiger charge is 2.63. The molecule has 0 amide bonds. The van der Waals surface area contributed by atoms with Crippen molar-refractivity contribution in [3.8, 4) is 0 Å². The average Bonchev–Trinajstić information content (AvgIpc) is 3.03. The third kappa shape index (κ3) is 0.939. The summed E-state index contributed by atoms with van der Waals surface area (Å²) in [5, 5.41) is 0. The minimum absolute atomic E-state index is 0.997. The lowest BCUT2D eigenvalue weighted by molar-refractivity contribution is 0.0829. The standard InChI is InChI=1S/C16H24/c1-3-11-12(4-2)14-8-13(11)15-9-5-6-10(7-9)16(14)15/h5-6,9-16H,3-4,7-8H2,1-2H3. The quantitative estimate of drug-likeness (QED) is 0.481. The molecule has 0 N–H and O–H groups in total. The Morgan fingerprint density at radius 1 is 0.812 bits per heavy atom. The number of hydrogen-bond donors (Lipinski definition) is 0. The molecule has 0 aromatic carbocycles. The van der Waals surface area contributed by atoms with Crippen LogP contribution in [-0.4, -0.2) is 0 Å². The van der Waals surface area contributed by atoms with E-state index in [0.29, 0.717) is 0 Å². The molecule has 4 aliphatic rings. The molecule has 16 heavy (non-hydrogen) atoms. The third-order valence-electron chi connectivity index (χ3n) is 6.71. The fourth-order valence-corrected chi connectivity index (χ4v) is 6.50. The molecular weight excluding hydrogens is 192 g/mol. The van der Waals surface area contributed by atoms with E-state index in [-0.39, 0.29) is 0 Å². The van der Waals surface area contributed by atoms with E-state index < -0.39 is 0 Å². The molecule has 3 fully saturated rings. The van der Waals surface area contributed by atoms with Gasteiger partial charge in [0, 0.05) is 0 Å². The molecule has 0 nitrogen and oxygen atoms in total. The Bertz CT molecular complexity index is 299. The van der Waals surface area contributed by atoms with E-state index in [1.165, 1.54) is 19.3 Å². The number of fused-ring (bicyclic) bond motifs is 9. The van der Waals surface area contributed by atoms with Crippen LogP contribution in [0.5, 0.6) is 0 Å². The van der Waals surface area contributed by atoms with Gasteiger partial charge >= 0.3 is 0 Å². The summed E-state index contributed by atoms with van der Waals surface area (Å²) in [5.74, 6) is 8.64. The second-order valence-electron chi connectivity index (χ2n) is 6.81. The highest BCUT2D eigenvalue weighted by atomic mass is 14.7. The van der Waals surface area contributed by atoms with Crippen molar-refractivity contribution in [1.82, 2.24) is 0 Å². The Labute approximate surface area is 99.5 Å². The summed E-state index contributed by atoms with van der Waals surface area (Å²) in [5.41, 5.74) is 0. The summed E-state index contributed by atoms with van der Waals surface area (Å²) >= 11 is 0. The zero-order chi connectivity index (χ0) is 10.9. The highest BCUT2D eigenvalue weighted by molar-refractivity contribution is 5.21. The summed E-state index contributed by atoms with van der Waals surface area (Å²) in [4.78, 5) is 0. The smallest absolute Gasteiger partial charge is 0.0194 e. The van der Waals surface area contributed by atoms with Gasteiger partial charge in [0.15, 0.2) is 0 Å². The Morgan fingerprint density at radius 2 is 1.31 bits per heavy atom. The maximum atomic E-state index is 2.57. The van der Waals surface area contributed by atoms with Gasteiger partial charge in [-0.3, -0.25) is 0 Å². The van der Waals surface area contributed by atoms with Crippen LogP contribution in [0.4, 0.5) is 0 Å². The predicted octanol–water partition coefficient (Wildman–Crippen LogP) is 4.13. The minimum atomic E-state index is 0.997. The van der Waals surface area contributed by atoms with Crippen LogP contribution in [0.3, 0.4) is 0 Å². The zero-order valence-corrected chi connectivity index (χ0v) is 10.6. The van der Waals surface area contributed by atoms with Crippen LogP contribution in [0.25, 0.3) is 0 Å². The summed E-state index contributed by atoms with van der Waals surface area (Å²) in [6, 6.07) is 0. The average molecular weight is 216 g/mol. The molecular formula is C16H24. The minimum Gasteiger partial charge on any atom is -0.0848 e. The molecule has 0 aromatic rings. The van der Waals surface area contributed by atoms with Crippen molar-refractivity contribution < 1.29 is 0 Å². The van der Waals surface area contributed by atoms with Crippen LogP contribution in [0.2, 0.25) is 0 Å². The van der Waals surface area contributed by atoms with Gasteiger partial charge in [0.1, 0.15) is 0 Å². The Kier molecular flexibility index (Phi) is 1.91. The van der Waals surface area contributed by atoms with Crippen molar-refractivity contribution >= 4 is 0 Å². The molecule has 0 saturated heterocycles. The van der Waals surface area contributed by atoms with Gasteiger partial charge in [-0.1, -0.05) is 38.8 Å². The van der Waals surface area contributed by atoms with Crippen LogP contribution >= 0.6 is 0 Å². The molecule has 4 aliphatic carbocycles. The highest BCUT2D eigenvalue weighted by Crippen LogP contribution is 2.69. The third-order valence-corrected chi connectivity index (χ3v) is 6.71. The van der Waals surface area contributed by atoms with Gasteiger partial charge in [-0.25, -0.2) is 0 Å². The van der Waals surface area contributed by atoms with Crippen molar-refractivity contribution in [2.45, 2.75) is 39.5 Å². The van der Waals surface area contributed by atoms with Crippen LogP contribution in [0, 0.1) is 47.3 Å². The van der Waals surface area contributed by atoms with E-state index >= 15 is 0 Å². The molecule has 3 saturated carbocycles. The number of rotatable bonds is 2. The summed E-state index contributed by atoms with van der Waals surface area (Å²) in [6.07, 6.45) is 11.2. The van der Waals surface area contributed by atoms with Crippen molar-refractivity contribution in [1.29, 1.82) is 0 Å². The van der Waals surface area contributed by atoms with Crippen LogP contribution in [-0.2, 0) is 0 Å². The molecule has 4 bridgehead atoms. The number of hydrogen-bond acceptors (Lipinski definition) is 0. The lowest BCUT2D eigenvalue weighted by atomic mass is 9.63. The van der Waals surface area contributed by atoms with Crippen molar-refractivity contribution in [3.63, 3.8) is 0 Å². The maximum Gasteiger partial charge on any atom is -0.0194 e. The molecule has 0 radical (unpaired) electrons. The van der Waals surface area contributed by atoms with Gasteiger partial charge in [0.25, 0.3) is 0 Å². The second-order valence-corrected chi connectivity index (χ2v) is 6.81. The Morgan fingerprint density at radius 3 is 1.75 bits per heavy atom. The molecule has 4 rings (SSSR count). The first-order valence-electron chi connectivity index (χ1n) is 7.53. The Balaban J connectivity index is 1.71. The molecule has 88 valence electrons. The van der Waals surface area contributed by atoms with Gasteiger partial charge in [-0.2, -0.15) is 0 Å². The van der Waals surface area contributed by atoms with Crippen LogP contribution in [0.1, 0.15) is 39.5 Å². The second kappa shape index (κ2) is 3.15. The first-order chi connectivity index (χ1) is 7.85. The normalized spacial score (nSPS) is 60.9. The van der Waals surface area contributed by atoms with E-state index in [9.17, 15) is 0 Å². The lowest BCUT2D eigenvalue weighted by Gasteiger charge is -2.41. The SMILES string of the molecule is CCC1C(CC)C2CC1C1C3C=CC(C3)C21. The van der Waals surface area contributed by atoms with E-state index in [0.717, 1.165) is 47.3 Å². The molecule has 0 heterocycles. The summed E-state index contributed by atoms with van der Waals surface area (Å²) in [7, 11) is 0. The topological polar surface area (TPSA) is 0 Å². The molecule has 8 unspecified atom stereocenters. The monoisotopic (exact) mass is 216 g/mol. The van der Waals surface area contributed by atoms with Crippen molar-refractivity contribution in [2.24, 2.45) is 47.3 Å². The van der Waals surface area contributed by atoms with Crippen LogP contribution < -0.4 is 0 Å². The van der Waals surface area contributed by atoms with E-state index in [1.807, 2.05) is 0 Å². The van der Waals surface area contributed by atoms with Crippen molar-refractivity contribution in [2.75, 3.05) is 0 Å². The molecule has 8 atom stereocenters. The van der Waals surface area contributed by atoms with E-state index in [4.69, 9.17) is 0 Å². The first-order valence-corrected chi connectivity index (χ1v) is 7.53. The van der Waals surface area contributed by atoms with Crippen molar-refractivity contribution in [3.05, 3.63) is 12.2 Å². The van der Waals surface area contributed by atoms with E-state index in [1.54, 1.807) is 6.42 Å². The summed E-state index contributed by atoms with van der Waals surface area (Å²) in [6.45, 7) is 4.87. The number of allylic oxidation sites excluding steroid dienone is 2. The van der Waals surface area contributed by atoms with Crippen LogP contribution in [0.15, 0.2) is 12.2 Å². The first kappa shape index (κ1) is 9.74. The maximum absolute atomic E-state index is 2.57. The van der Waals surface area contributed by atoms with Gasteiger partial charge < -0.3 is 0 Å². The van der Waals surface area contributed by atoms with Gasteiger partial charge in [0.05, 0.1) is 0 Å². The van der Waals surface area contributed by atoms with Gasteiger partial charge in [-0.15, -0.1) is 0 Å². The Hall–Kier alpha value is -0.260. The molecule has 0 heteroatoms. The fraction of sp³-hybridized carbons (Fsp3) is 0.875. The molecule has 0 aliphatic heterocycles. The summed E-state index contributed by atoms with van der Waals surface area (Å²) < 4.78 is 0. The predicted molar refractivity (Wildman–Crippen MR) is 66.9 cm³/mol.